The highest BCUT2D eigenvalue weighted by Crippen LogP contribution is 2.35. The van der Waals surface area contributed by atoms with E-state index in [1.807, 2.05) is 0 Å². The number of nitrogens with zero attached hydrogens (tertiary/aromatic N) is 1. The van der Waals surface area contributed by atoms with Crippen LogP contribution in [0.2, 0.25) is 0 Å². The number of carbonyl (C=O) groups is 6. The van der Waals surface area contributed by atoms with Crippen LogP contribution in [0.5, 0.6) is 5.75 Å². The standard InChI is InChI=1S/C34H25F5N2O11S/c1-41(15-24(42)50-2)29(44)25-22(40-28(43)20-7-4-3-6-19(20)17-9-11-18(12-10-17)34(37,38)39)14-21(35)27(26(25)36)52-32(49)51-16-33(30(45)46,31(47)48)23-8-5-13-53-23/h3-14H,15-16H2,1-2H3,(H,40,43)(H,45,46)(H,47,48). The van der Waals surface area contributed by atoms with Crippen molar-refractivity contribution in [1.82, 2.24) is 4.90 Å². The number of carbonyl (C=O) groups excluding carboxylic acids is 4. The molecule has 1 aromatic heterocycles. The molecule has 3 aromatic carbocycles. The molecule has 0 spiro atoms. The molecule has 278 valence electrons. The van der Waals surface area contributed by atoms with Crippen LogP contribution in [-0.4, -0.2) is 78.3 Å². The van der Waals surface area contributed by atoms with Crippen molar-refractivity contribution in [3.63, 3.8) is 0 Å². The van der Waals surface area contributed by atoms with E-state index in [0.717, 1.165) is 44.5 Å². The van der Waals surface area contributed by atoms with Crippen molar-refractivity contribution in [1.29, 1.82) is 0 Å². The van der Waals surface area contributed by atoms with Crippen molar-refractivity contribution in [2.75, 3.05) is 32.6 Å². The Labute approximate surface area is 299 Å². The minimum absolute atomic E-state index is 0.0828. The maximum Gasteiger partial charge on any atom is 0.514 e. The highest BCUT2D eigenvalue weighted by Gasteiger charge is 2.51. The van der Waals surface area contributed by atoms with Crippen molar-refractivity contribution in [2.24, 2.45) is 0 Å². The van der Waals surface area contributed by atoms with Gasteiger partial charge in [0, 0.05) is 23.6 Å². The maximum absolute atomic E-state index is 16.1. The summed E-state index contributed by atoms with van der Waals surface area (Å²) in [5.41, 5.74) is -5.82. The lowest BCUT2D eigenvalue weighted by Crippen LogP contribution is -2.47. The van der Waals surface area contributed by atoms with Gasteiger partial charge in [-0.3, -0.25) is 24.0 Å². The Bertz CT molecular complexity index is 2060. The van der Waals surface area contributed by atoms with E-state index in [1.165, 1.54) is 35.7 Å². The third kappa shape index (κ3) is 8.41. The molecule has 19 heteroatoms. The van der Waals surface area contributed by atoms with Gasteiger partial charge in [-0.1, -0.05) is 36.4 Å². The number of hydrogen-bond acceptors (Lipinski definition) is 10. The number of methoxy groups -OCH3 is 1. The molecule has 0 radical (unpaired) electrons. The number of ether oxygens (including phenoxy) is 3. The van der Waals surface area contributed by atoms with Gasteiger partial charge in [0.05, 0.1) is 18.4 Å². The first-order chi connectivity index (χ1) is 24.9. The van der Waals surface area contributed by atoms with Crippen LogP contribution in [0.15, 0.2) is 72.1 Å². The van der Waals surface area contributed by atoms with Gasteiger partial charge in [-0.15, -0.1) is 11.3 Å². The lowest BCUT2D eigenvalue weighted by Gasteiger charge is -2.23. The Hall–Kier alpha value is -6.37. The molecular formula is C34H25F5N2O11S. The number of likely N-dealkylation sites (N-methyl/N-ethyl adjacent to an activating group) is 1. The lowest BCUT2D eigenvalue weighted by molar-refractivity contribution is -0.160. The molecule has 0 aliphatic heterocycles. The van der Waals surface area contributed by atoms with Crippen molar-refractivity contribution in [2.45, 2.75) is 11.6 Å². The minimum Gasteiger partial charge on any atom is -0.480 e. The number of amides is 2. The van der Waals surface area contributed by atoms with Crippen LogP contribution in [0.3, 0.4) is 0 Å². The van der Waals surface area contributed by atoms with E-state index < -0.39 is 94.8 Å². The average Bonchev–Trinajstić information content (AvgIpc) is 3.65. The Kier molecular flexibility index (Phi) is 11.8. The first kappa shape index (κ1) is 39.4. The number of nitrogens with one attached hydrogen (secondary N) is 1. The number of benzene rings is 3. The quantitative estimate of drug-likeness (QED) is 0.0682. The zero-order chi connectivity index (χ0) is 39.2. The molecule has 53 heavy (non-hydrogen) atoms. The molecule has 4 aromatic rings. The molecule has 0 aliphatic rings. The number of hydrogen-bond donors (Lipinski definition) is 3. The van der Waals surface area contributed by atoms with Crippen LogP contribution in [-0.2, 0) is 35.4 Å². The number of rotatable bonds is 12. The average molecular weight is 765 g/mol. The highest BCUT2D eigenvalue weighted by atomic mass is 32.1. The van der Waals surface area contributed by atoms with Gasteiger partial charge in [0.15, 0.2) is 11.6 Å². The van der Waals surface area contributed by atoms with Gasteiger partial charge in [0.1, 0.15) is 18.7 Å². The van der Waals surface area contributed by atoms with E-state index in [4.69, 9.17) is 0 Å². The van der Waals surface area contributed by atoms with E-state index in [9.17, 15) is 52.2 Å². The number of alkyl halides is 3. The summed E-state index contributed by atoms with van der Waals surface area (Å²) in [6.07, 6.45) is -6.64. The van der Waals surface area contributed by atoms with Crippen LogP contribution in [0, 0.1) is 11.6 Å². The van der Waals surface area contributed by atoms with Crippen LogP contribution >= 0.6 is 11.3 Å². The summed E-state index contributed by atoms with van der Waals surface area (Å²) in [6.45, 7) is -2.19. The van der Waals surface area contributed by atoms with Gasteiger partial charge in [0.25, 0.3) is 11.8 Å². The van der Waals surface area contributed by atoms with Crippen LogP contribution in [0.4, 0.5) is 32.4 Å². The van der Waals surface area contributed by atoms with Gasteiger partial charge in [-0.05, 0) is 40.8 Å². The Morgan fingerprint density at radius 3 is 2.11 bits per heavy atom. The number of halogens is 5. The maximum atomic E-state index is 16.1. The Morgan fingerprint density at radius 1 is 0.906 bits per heavy atom. The van der Waals surface area contributed by atoms with Crippen LogP contribution in [0.1, 0.15) is 31.2 Å². The summed E-state index contributed by atoms with van der Waals surface area (Å²) in [4.78, 5) is 75.9. The summed E-state index contributed by atoms with van der Waals surface area (Å²) in [5, 5.41) is 22.9. The van der Waals surface area contributed by atoms with E-state index in [1.54, 1.807) is 0 Å². The van der Waals surface area contributed by atoms with Gasteiger partial charge in [-0.25, -0.2) is 13.6 Å². The van der Waals surface area contributed by atoms with Gasteiger partial charge in [-0.2, -0.15) is 13.2 Å². The second kappa shape index (κ2) is 15.9. The molecule has 0 saturated carbocycles. The predicted octanol–water partition coefficient (Wildman–Crippen LogP) is 5.83. The fourth-order valence-electron chi connectivity index (χ4n) is 4.78. The molecule has 13 nitrogen and oxygen atoms in total. The second-order valence-corrected chi connectivity index (χ2v) is 11.8. The number of carboxylic acid groups (broad SMARTS) is 2. The molecule has 4 rings (SSSR count). The zero-order valence-corrected chi connectivity index (χ0v) is 28.0. The number of anilines is 1. The summed E-state index contributed by atoms with van der Waals surface area (Å²) >= 11 is 0.702. The smallest absolute Gasteiger partial charge is 0.480 e. The fourth-order valence-corrected chi connectivity index (χ4v) is 5.68. The Balaban J connectivity index is 1.71. The SMILES string of the molecule is COC(=O)CN(C)C(=O)c1c(NC(=O)c2ccccc2-c2ccc(C(F)(F)F)cc2)cc(F)c(OC(=O)OCC(C(=O)O)(C(=O)O)c2cccs2)c1F. The molecule has 2 amide bonds. The molecule has 0 atom stereocenters. The topological polar surface area (TPSA) is 186 Å². The molecule has 0 saturated heterocycles. The van der Waals surface area contributed by atoms with E-state index >= 15 is 8.78 Å². The van der Waals surface area contributed by atoms with Crippen LogP contribution in [0.25, 0.3) is 11.1 Å². The van der Waals surface area contributed by atoms with Crippen LogP contribution < -0.4 is 10.1 Å². The minimum atomic E-state index is -4.65. The second-order valence-electron chi connectivity index (χ2n) is 10.9. The molecular weight excluding hydrogens is 739 g/mol. The normalized spacial score (nSPS) is 11.3. The van der Waals surface area contributed by atoms with Crippen molar-refractivity contribution >= 4 is 52.9 Å². The summed E-state index contributed by atoms with van der Waals surface area (Å²) < 4.78 is 84.7. The summed E-state index contributed by atoms with van der Waals surface area (Å²) in [5.74, 6) is -12.6. The largest absolute Gasteiger partial charge is 0.514 e. The van der Waals surface area contributed by atoms with Crippen molar-refractivity contribution < 1.29 is 75.1 Å². The molecule has 1 heterocycles. The lowest BCUT2D eigenvalue weighted by atomic mass is 9.87. The number of carboxylic acids is 2. The monoisotopic (exact) mass is 764 g/mol. The van der Waals surface area contributed by atoms with E-state index in [-0.39, 0.29) is 21.6 Å². The first-order valence-electron chi connectivity index (χ1n) is 14.7. The number of esters is 1. The molecule has 0 bridgehead atoms. The summed E-state index contributed by atoms with van der Waals surface area (Å²) in [7, 11) is 1.99. The zero-order valence-electron chi connectivity index (χ0n) is 27.2. The van der Waals surface area contributed by atoms with Gasteiger partial charge < -0.3 is 34.6 Å². The third-order valence-corrected chi connectivity index (χ3v) is 8.57. The number of aliphatic carboxylic acids is 2. The molecule has 0 aliphatic carbocycles. The van der Waals surface area contributed by atoms with E-state index in [0.29, 0.717) is 22.3 Å². The van der Waals surface area contributed by atoms with Crippen molar-refractivity contribution in [3.8, 4) is 16.9 Å². The van der Waals surface area contributed by atoms with E-state index in [2.05, 4.69) is 19.5 Å². The first-order valence-corrected chi connectivity index (χ1v) is 15.6. The Morgan fingerprint density at radius 2 is 1.55 bits per heavy atom. The fraction of sp³-hybridized carbons (Fsp3) is 0.176. The van der Waals surface area contributed by atoms with Gasteiger partial charge in [0.2, 0.25) is 11.2 Å². The number of thiophene rings is 1. The predicted molar refractivity (Wildman–Crippen MR) is 173 cm³/mol. The molecule has 0 unspecified atom stereocenters. The highest BCUT2D eigenvalue weighted by molar-refractivity contribution is 7.10. The van der Waals surface area contributed by atoms with Gasteiger partial charge >= 0.3 is 30.2 Å². The third-order valence-electron chi connectivity index (χ3n) is 7.54. The molecule has 3 N–H and O–H groups in total. The molecule has 0 fully saturated rings. The summed E-state index contributed by atoms with van der Waals surface area (Å²) in [6, 6.07) is 12.0. The van der Waals surface area contributed by atoms with Crippen molar-refractivity contribution in [3.05, 3.63) is 105 Å².